The number of nitrogens with one attached hydrogen (secondary N) is 1. The Morgan fingerprint density at radius 1 is 1.17 bits per heavy atom. The van der Waals surface area contributed by atoms with E-state index in [9.17, 15) is 4.79 Å². The average molecular weight is 325 g/mol. The van der Waals surface area contributed by atoms with Gasteiger partial charge in [-0.2, -0.15) is 0 Å². The third-order valence-corrected chi connectivity index (χ3v) is 4.11. The van der Waals surface area contributed by atoms with Gasteiger partial charge in [0.15, 0.2) is 11.6 Å². The minimum atomic E-state index is -0.185. The molecule has 0 saturated carbocycles. The largest absolute Gasteiger partial charge is 0.485 e. The van der Waals surface area contributed by atoms with Crippen LogP contribution in [0.3, 0.4) is 0 Å². The summed E-state index contributed by atoms with van der Waals surface area (Å²) in [7, 11) is 0. The molecule has 0 aromatic carbocycles. The van der Waals surface area contributed by atoms with E-state index in [1.54, 1.807) is 36.8 Å². The minimum absolute atomic E-state index is 0.185. The third kappa shape index (κ3) is 3.92. The molecule has 3 heterocycles. The number of hydrogen-bond acceptors (Lipinski definition) is 5. The number of anilines is 1. The number of carbonyl (C=O) groups excluding carboxylic acids is 1. The Labute approximate surface area is 138 Å². The van der Waals surface area contributed by atoms with Gasteiger partial charge in [0.05, 0.1) is 4.88 Å². The molecule has 0 radical (unpaired) electrons. The maximum Gasteiger partial charge on any atom is 0.266 e. The number of aryl methyl sites for hydroxylation is 1. The molecule has 0 unspecified atom stereocenters. The monoisotopic (exact) mass is 325 g/mol. The summed E-state index contributed by atoms with van der Waals surface area (Å²) >= 11 is 1.44. The molecule has 3 rings (SSSR count). The normalized spacial score (nSPS) is 10.3. The Morgan fingerprint density at radius 2 is 2.00 bits per heavy atom. The second kappa shape index (κ2) is 7.02. The highest BCUT2D eigenvalue weighted by Gasteiger charge is 2.12. The van der Waals surface area contributed by atoms with Gasteiger partial charge in [0.1, 0.15) is 6.61 Å². The zero-order valence-electron chi connectivity index (χ0n) is 12.5. The Bertz CT molecular complexity index is 802. The van der Waals surface area contributed by atoms with Gasteiger partial charge in [-0.1, -0.05) is 0 Å². The summed E-state index contributed by atoms with van der Waals surface area (Å²) in [5.74, 6) is 0.763. The lowest BCUT2D eigenvalue weighted by atomic mass is 10.3. The van der Waals surface area contributed by atoms with Crippen LogP contribution in [0, 0.1) is 6.92 Å². The lowest BCUT2D eigenvalue weighted by Gasteiger charge is -2.11. The lowest BCUT2D eigenvalue weighted by molar-refractivity contribution is 0.102. The number of carbonyl (C=O) groups is 1. The summed E-state index contributed by atoms with van der Waals surface area (Å²) in [6.45, 7) is 2.35. The molecule has 5 nitrogen and oxygen atoms in total. The topological polar surface area (TPSA) is 64.1 Å². The summed E-state index contributed by atoms with van der Waals surface area (Å²) in [5.41, 5.74) is 0.995. The van der Waals surface area contributed by atoms with Crippen LogP contribution in [0.25, 0.3) is 0 Å². The standard InChI is InChI=1S/C17H15N3O2S/c1-12-4-5-15(23-12)17(21)20-16-14(3-2-8-19-16)22-11-13-6-9-18-10-7-13/h2-10H,11H2,1H3,(H,19,20,21). The van der Waals surface area contributed by atoms with Crippen molar-refractivity contribution in [1.82, 2.24) is 9.97 Å². The number of aromatic nitrogens is 2. The molecule has 1 N–H and O–H groups in total. The van der Waals surface area contributed by atoms with E-state index >= 15 is 0 Å². The van der Waals surface area contributed by atoms with E-state index in [0.29, 0.717) is 23.1 Å². The second-order valence-electron chi connectivity index (χ2n) is 4.86. The van der Waals surface area contributed by atoms with Crippen molar-refractivity contribution in [2.75, 3.05) is 5.32 Å². The number of rotatable bonds is 5. The van der Waals surface area contributed by atoms with Gasteiger partial charge in [0, 0.05) is 23.5 Å². The van der Waals surface area contributed by atoms with Crippen LogP contribution in [0.2, 0.25) is 0 Å². The number of amides is 1. The molecule has 1 amide bonds. The van der Waals surface area contributed by atoms with Gasteiger partial charge in [0.2, 0.25) is 0 Å². The molecule has 6 heteroatoms. The summed E-state index contributed by atoms with van der Waals surface area (Å²) < 4.78 is 5.76. The first-order valence-electron chi connectivity index (χ1n) is 7.07. The Hall–Kier alpha value is -2.73. The molecule has 23 heavy (non-hydrogen) atoms. The molecular formula is C17H15N3O2S. The van der Waals surface area contributed by atoms with Gasteiger partial charge < -0.3 is 10.1 Å². The molecule has 0 atom stereocenters. The highest BCUT2D eigenvalue weighted by Crippen LogP contribution is 2.24. The fourth-order valence-electron chi connectivity index (χ4n) is 1.97. The fraction of sp³-hybridized carbons (Fsp3) is 0.118. The van der Waals surface area contributed by atoms with Gasteiger partial charge in [-0.3, -0.25) is 9.78 Å². The van der Waals surface area contributed by atoms with E-state index in [-0.39, 0.29) is 5.91 Å². The highest BCUT2D eigenvalue weighted by atomic mass is 32.1. The summed E-state index contributed by atoms with van der Waals surface area (Å²) in [5, 5.41) is 2.80. The van der Waals surface area contributed by atoms with Gasteiger partial charge in [-0.15, -0.1) is 11.3 Å². The molecular weight excluding hydrogens is 310 g/mol. The van der Waals surface area contributed by atoms with E-state index in [2.05, 4.69) is 15.3 Å². The molecule has 116 valence electrons. The van der Waals surface area contributed by atoms with E-state index in [0.717, 1.165) is 10.4 Å². The van der Waals surface area contributed by atoms with Gasteiger partial charge in [-0.05, 0) is 48.9 Å². The summed E-state index contributed by atoms with van der Waals surface area (Å²) in [6, 6.07) is 11.0. The van der Waals surface area contributed by atoms with Crippen LogP contribution in [-0.4, -0.2) is 15.9 Å². The van der Waals surface area contributed by atoms with E-state index in [4.69, 9.17) is 4.74 Å². The van der Waals surface area contributed by atoms with E-state index in [1.807, 2.05) is 25.1 Å². The van der Waals surface area contributed by atoms with Crippen molar-refractivity contribution >= 4 is 23.1 Å². The zero-order chi connectivity index (χ0) is 16.1. The van der Waals surface area contributed by atoms with Crippen LogP contribution in [0.4, 0.5) is 5.82 Å². The first-order valence-corrected chi connectivity index (χ1v) is 7.88. The predicted octanol–water partition coefficient (Wildman–Crippen LogP) is 3.68. The maximum atomic E-state index is 12.2. The van der Waals surface area contributed by atoms with Crippen molar-refractivity contribution in [3.05, 3.63) is 70.3 Å². The SMILES string of the molecule is Cc1ccc(C(=O)Nc2ncccc2OCc2ccncc2)s1. The molecule has 3 aromatic rings. The number of pyridine rings is 2. The van der Waals surface area contributed by atoms with Crippen molar-refractivity contribution in [2.24, 2.45) is 0 Å². The Morgan fingerprint density at radius 3 is 2.74 bits per heavy atom. The quantitative estimate of drug-likeness (QED) is 0.777. The first-order chi connectivity index (χ1) is 11.2. The van der Waals surface area contributed by atoms with Gasteiger partial charge in [0.25, 0.3) is 5.91 Å². The minimum Gasteiger partial charge on any atom is -0.485 e. The van der Waals surface area contributed by atoms with Crippen molar-refractivity contribution in [2.45, 2.75) is 13.5 Å². The molecule has 0 aliphatic heterocycles. The third-order valence-electron chi connectivity index (χ3n) is 3.11. The van der Waals surface area contributed by atoms with Crippen molar-refractivity contribution in [3.63, 3.8) is 0 Å². The number of nitrogens with zero attached hydrogens (tertiary/aromatic N) is 2. The molecule has 0 bridgehead atoms. The summed E-state index contributed by atoms with van der Waals surface area (Å²) in [4.78, 5) is 22.2. The van der Waals surface area contributed by atoms with Gasteiger partial charge in [-0.25, -0.2) is 4.98 Å². The first kappa shape index (κ1) is 15.2. The van der Waals surface area contributed by atoms with Gasteiger partial charge >= 0.3 is 0 Å². The number of hydrogen-bond donors (Lipinski definition) is 1. The van der Waals surface area contributed by atoms with Crippen LogP contribution in [-0.2, 0) is 6.61 Å². The van der Waals surface area contributed by atoms with Crippen LogP contribution >= 0.6 is 11.3 Å². The Balaban J connectivity index is 1.71. The van der Waals surface area contributed by atoms with Crippen molar-refractivity contribution < 1.29 is 9.53 Å². The zero-order valence-corrected chi connectivity index (χ0v) is 13.3. The van der Waals surface area contributed by atoms with E-state index in [1.165, 1.54) is 11.3 Å². The van der Waals surface area contributed by atoms with Crippen molar-refractivity contribution in [1.29, 1.82) is 0 Å². The molecule has 3 aromatic heterocycles. The molecule has 0 saturated heterocycles. The lowest BCUT2D eigenvalue weighted by Crippen LogP contribution is -2.12. The van der Waals surface area contributed by atoms with Crippen LogP contribution in [0.1, 0.15) is 20.1 Å². The smallest absolute Gasteiger partial charge is 0.266 e. The van der Waals surface area contributed by atoms with Crippen molar-refractivity contribution in [3.8, 4) is 5.75 Å². The molecule has 0 aliphatic carbocycles. The molecule has 0 aliphatic rings. The highest BCUT2D eigenvalue weighted by molar-refractivity contribution is 7.14. The average Bonchev–Trinajstić information content (AvgIpc) is 3.02. The van der Waals surface area contributed by atoms with Crippen LogP contribution in [0.15, 0.2) is 55.0 Å². The van der Waals surface area contributed by atoms with Crippen LogP contribution < -0.4 is 10.1 Å². The molecule has 0 spiro atoms. The van der Waals surface area contributed by atoms with E-state index < -0.39 is 0 Å². The maximum absolute atomic E-state index is 12.2. The number of thiophene rings is 1. The number of ether oxygens (including phenoxy) is 1. The molecule has 0 fully saturated rings. The second-order valence-corrected chi connectivity index (χ2v) is 6.15. The van der Waals surface area contributed by atoms with Crippen LogP contribution in [0.5, 0.6) is 5.75 Å². The summed E-state index contributed by atoms with van der Waals surface area (Å²) in [6.07, 6.45) is 5.04. The Kier molecular flexibility index (Phi) is 4.63. The fourth-order valence-corrected chi connectivity index (χ4v) is 2.73. The predicted molar refractivity (Wildman–Crippen MR) is 89.8 cm³/mol.